The van der Waals surface area contributed by atoms with Crippen molar-refractivity contribution in [3.05, 3.63) is 30.1 Å². The molecule has 0 aliphatic rings. The minimum absolute atomic E-state index is 0.367. The molecule has 0 aliphatic carbocycles. The number of fused-ring (bicyclic) bond motifs is 3. The van der Waals surface area contributed by atoms with E-state index >= 15 is 0 Å². The predicted molar refractivity (Wildman–Crippen MR) is 223 cm³/mol. The molecule has 3 aromatic rings. The normalized spacial score (nSPS) is 12.1. The van der Waals surface area contributed by atoms with Crippen molar-refractivity contribution >= 4 is 27.8 Å². The zero-order valence-electron chi connectivity index (χ0n) is 35.7. The van der Waals surface area contributed by atoms with E-state index in [2.05, 4.69) is 23.4 Å². The molecule has 2 heterocycles. The monoisotopic (exact) mass is 842 g/mol. The highest BCUT2D eigenvalue weighted by Crippen LogP contribution is 2.30. The Morgan fingerprint density at radius 2 is 0.915 bits per heavy atom. The molecule has 0 amide bonds. The molecule has 0 bridgehead atoms. The molecule has 0 fully saturated rings. The lowest BCUT2D eigenvalue weighted by atomic mass is 10.1. The summed E-state index contributed by atoms with van der Waals surface area (Å²) in [4.78, 5) is 9.38. The van der Waals surface area contributed by atoms with Crippen LogP contribution in [0, 0.1) is 0 Å². The summed E-state index contributed by atoms with van der Waals surface area (Å²) in [6.07, 6.45) is 0. The Hall–Kier alpha value is -2.66. The number of nitrogens with zero attached hydrogens (tertiary/aromatic N) is 3. The molecule has 18 nitrogen and oxygen atoms in total. The van der Waals surface area contributed by atoms with Crippen LogP contribution in [0.15, 0.2) is 24.3 Å². The highest BCUT2D eigenvalue weighted by Gasteiger charge is 2.25. The standard InChI is InChI=1S/C41H71N5O13/c1-4-47-33-37-45-38-39(35-7-5-6-8-36(35)44-40(38)43)46(37)34-41(2,3)59-32-31-58-30-29-57-28-27-56-26-25-55-24-23-54-22-21-53-20-19-52-18-17-51-16-15-50-14-13-49-12-11-48-10-9-42/h5-8H,4,9-34,42H2,1-3H3,(H2,43,44). The van der Waals surface area contributed by atoms with Crippen LogP contribution in [0.4, 0.5) is 5.82 Å². The van der Waals surface area contributed by atoms with Crippen molar-refractivity contribution in [3.8, 4) is 0 Å². The third kappa shape index (κ3) is 22.7. The van der Waals surface area contributed by atoms with Gasteiger partial charge in [0.2, 0.25) is 0 Å². The molecular formula is C41H71N5O13. The lowest BCUT2D eigenvalue weighted by Gasteiger charge is -2.27. The Kier molecular flexibility index (Phi) is 28.4. The van der Waals surface area contributed by atoms with E-state index in [4.69, 9.17) is 78.0 Å². The van der Waals surface area contributed by atoms with E-state index < -0.39 is 5.60 Å². The first-order valence-electron chi connectivity index (χ1n) is 20.8. The van der Waals surface area contributed by atoms with Crippen LogP contribution in [0.2, 0.25) is 0 Å². The maximum Gasteiger partial charge on any atom is 0.152 e. The minimum Gasteiger partial charge on any atom is -0.382 e. The van der Waals surface area contributed by atoms with Gasteiger partial charge in [-0.15, -0.1) is 0 Å². The minimum atomic E-state index is -0.513. The Morgan fingerprint density at radius 1 is 0.525 bits per heavy atom. The number of hydrogen-bond donors (Lipinski definition) is 2. The number of ether oxygens (including phenoxy) is 13. The van der Waals surface area contributed by atoms with Gasteiger partial charge >= 0.3 is 0 Å². The molecule has 0 unspecified atom stereocenters. The molecule has 0 radical (unpaired) electrons. The molecule has 0 atom stereocenters. The van der Waals surface area contributed by atoms with Gasteiger partial charge in [-0.05, 0) is 26.8 Å². The van der Waals surface area contributed by atoms with Gasteiger partial charge in [0.05, 0.1) is 175 Å². The van der Waals surface area contributed by atoms with Crippen LogP contribution in [-0.2, 0) is 74.7 Å². The molecule has 0 saturated heterocycles. The first kappa shape index (κ1) is 50.7. The molecule has 2 aromatic heterocycles. The average Bonchev–Trinajstić information content (AvgIpc) is 3.59. The molecule has 338 valence electrons. The van der Waals surface area contributed by atoms with Crippen LogP contribution in [0.1, 0.15) is 26.6 Å². The van der Waals surface area contributed by atoms with Gasteiger partial charge in [-0.25, -0.2) is 9.97 Å². The largest absolute Gasteiger partial charge is 0.382 e. The number of imidazole rings is 1. The SMILES string of the molecule is CCOCc1nc2c(N)nc3ccccc3c2n1CC(C)(C)OCCOCCOCCOCCOCCOCCOCCOCCOCCOCCOCCOCCN. The van der Waals surface area contributed by atoms with E-state index in [9.17, 15) is 0 Å². The Balaban J connectivity index is 1.05. The summed E-state index contributed by atoms with van der Waals surface area (Å²) in [5.74, 6) is 1.19. The van der Waals surface area contributed by atoms with Gasteiger partial charge in [0.1, 0.15) is 17.9 Å². The van der Waals surface area contributed by atoms with E-state index in [1.807, 2.05) is 31.2 Å². The number of pyridine rings is 1. The van der Waals surface area contributed by atoms with Crippen LogP contribution in [0.25, 0.3) is 21.9 Å². The summed E-state index contributed by atoms with van der Waals surface area (Å²) < 4.78 is 74.6. The highest BCUT2D eigenvalue weighted by molar-refractivity contribution is 6.06. The van der Waals surface area contributed by atoms with Crippen molar-refractivity contribution in [3.63, 3.8) is 0 Å². The van der Waals surface area contributed by atoms with Gasteiger partial charge < -0.3 is 77.6 Å². The molecule has 0 aliphatic heterocycles. The van der Waals surface area contributed by atoms with E-state index in [0.717, 1.165) is 22.2 Å². The number of para-hydroxylation sites is 1. The quantitative estimate of drug-likeness (QED) is 0.0789. The highest BCUT2D eigenvalue weighted by atomic mass is 16.6. The fourth-order valence-electron chi connectivity index (χ4n) is 5.57. The summed E-state index contributed by atoms with van der Waals surface area (Å²) in [6.45, 7) is 19.5. The van der Waals surface area contributed by atoms with Gasteiger partial charge in [-0.3, -0.25) is 0 Å². The second-order valence-corrected chi connectivity index (χ2v) is 13.6. The zero-order valence-corrected chi connectivity index (χ0v) is 35.7. The van der Waals surface area contributed by atoms with E-state index in [0.29, 0.717) is 190 Å². The predicted octanol–water partition coefficient (Wildman–Crippen LogP) is 2.64. The van der Waals surface area contributed by atoms with E-state index in [1.54, 1.807) is 0 Å². The number of aromatic nitrogens is 3. The number of nitrogens with two attached hydrogens (primary N) is 2. The van der Waals surface area contributed by atoms with Crippen molar-refractivity contribution in [1.29, 1.82) is 0 Å². The summed E-state index contributed by atoms with van der Waals surface area (Å²) in [6, 6.07) is 7.94. The summed E-state index contributed by atoms with van der Waals surface area (Å²) in [5, 5.41) is 0.987. The second-order valence-electron chi connectivity index (χ2n) is 13.6. The van der Waals surface area contributed by atoms with Gasteiger partial charge in [-0.2, -0.15) is 0 Å². The summed E-state index contributed by atoms with van der Waals surface area (Å²) >= 11 is 0. The van der Waals surface area contributed by atoms with Crippen molar-refractivity contribution < 1.29 is 61.6 Å². The topological polar surface area (TPSA) is 203 Å². The van der Waals surface area contributed by atoms with Crippen LogP contribution in [-0.4, -0.2) is 185 Å². The fourth-order valence-corrected chi connectivity index (χ4v) is 5.57. The first-order chi connectivity index (χ1) is 29.0. The lowest BCUT2D eigenvalue weighted by molar-refractivity contribution is -0.0621. The number of benzene rings is 1. The molecule has 1 aromatic carbocycles. The van der Waals surface area contributed by atoms with E-state index in [-0.39, 0.29) is 0 Å². The molecule has 0 spiro atoms. The van der Waals surface area contributed by atoms with Gasteiger partial charge in [-0.1, -0.05) is 18.2 Å². The van der Waals surface area contributed by atoms with Crippen LogP contribution >= 0.6 is 0 Å². The number of nitrogen functional groups attached to an aromatic ring is 1. The lowest BCUT2D eigenvalue weighted by Crippen LogP contribution is -2.32. The fraction of sp³-hybridized carbons (Fsp3) is 0.756. The maximum absolute atomic E-state index is 6.33. The van der Waals surface area contributed by atoms with Crippen LogP contribution < -0.4 is 11.5 Å². The second kappa shape index (κ2) is 33.0. The van der Waals surface area contributed by atoms with Crippen LogP contribution in [0.5, 0.6) is 0 Å². The molecule has 4 N–H and O–H groups in total. The molecular weight excluding hydrogens is 770 g/mol. The molecule has 3 rings (SSSR count). The Morgan fingerprint density at radius 3 is 1.32 bits per heavy atom. The van der Waals surface area contributed by atoms with Gasteiger partial charge in [0.15, 0.2) is 5.82 Å². The van der Waals surface area contributed by atoms with Crippen molar-refractivity contribution in [2.45, 2.75) is 39.5 Å². The van der Waals surface area contributed by atoms with Crippen molar-refractivity contribution in [2.24, 2.45) is 5.73 Å². The smallest absolute Gasteiger partial charge is 0.152 e. The maximum atomic E-state index is 6.33. The summed E-state index contributed by atoms with van der Waals surface area (Å²) in [7, 11) is 0. The third-order valence-electron chi connectivity index (χ3n) is 8.37. The first-order valence-corrected chi connectivity index (χ1v) is 20.8. The molecule has 0 saturated carbocycles. The van der Waals surface area contributed by atoms with Crippen LogP contribution in [0.3, 0.4) is 0 Å². The number of hydrogen-bond acceptors (Lipinski definition) is 17. The molecule has 59 heavy (non-hydrogen) atoms. The molecule has 18 heteroatoms. The number of anilines is 1. The summed E-state index contributed by atoms with van der Waals surface area (Å²) in [5.41, 5.74) is 13.6. The van der Waals surface area contributed by atoms with Crippen molar-refractivity contribution in [2.75, 3.05) is 171 Å². The van der Waals surface area contributed by atoms with Crippen molar-refractivity contribution in [1.82, 2.24) is 14.5 Å². The van der Waals surface area contributed by atoms with E-state index in [1.165, 1.54) is 0 Å². The Bertz CT molecular complexity index is 1470. The zero-order chi connectivity index (χ0) is 42.1. The van der Waals surface area contributed by atoms with Gasteiger partial charge in [0.25, 0.3) is 0 Å². The van der Waals surface area contributed by atoms with Gasteiger partial charge in [0, 0.05) is 18.5 Å². The third-order valence-corrected chi connectivity index (χ3v) is 8.37. The average molecular weight is 842 g/mol. The number of rotatable bonds is 41. The Labute approximate surface area is 349 Å².